The van der Waals surface area contributed by atoms with Crippen molar-refractivity contribution in [3.63, 3.8) is 0 Å². The molecule has 1 aromatic carbocycles. The highest BCUT2D eigenvalue weighted by atomic mass is 32.2. The van der Waals surface area contributed by atoms with Crippen molar-refractivity contribution in [3.05, 3.63) is 42.5 Å². The van der Waals surface area contributed by atoms with Crippen LogP contribution >= 0.6 is 0 Å². The van der Waals surface area contributed by atoms with Gasteiger partial charge in [0.05, 0.1) is 4.90 Å². The fraction of sp³-hybridized carbons (Fsp3) is 0.556. The molecular weight excluding hydrogens is 308 g/mol. The number of fused-ring (bicyclic) bond motifs is 2. The van der Waals surface area contributed by atoms with Crippen molar-refractivity contribution < 1.29 is 8.42 Å². The van der Waals surface area contributed by atoms with E-state index < -0.39 is 10.0 Å². The number of hydrogen-bond acceptors (Lipinski definition) is 3. The van der Waals surface area contributed by atoms with Crippen molar-refractivity contribution in [2.75, 3.05) is 32.7 Å². The number of rotatable bonds is 4. The SMILES string of the molecule is O=S(=O)(c1ccccc1)N1CCN(C[C@@H]2C[C@H]3C=C[C@@H]2C3)CC1. The molecule has 2 fully saturated rings. The Bertz CT molecular complexity index is 678. The quantitative estimate of drug-likeness (QED) is 0.794. The van der Waals surface area contributed by atoms with Gasteiger partial charge >= 0.3 is 0 Å². The van der Waals surface area contributed by atoms with Crippen LogP contribution in [0.1, 0.15) is 12.8 Å². The second-order valence-electron chi connectivity index (χ2n) is 7.06. The van der Waals surface area contributed by atoms with Gasteiger partial charge in [-0.3, -0.25) is 0 Å². The van der Waals surface area contributed by atoms with Gasteiger partial charge in [-0.1, -0.05) is 30.4 Å². The lowest BCUT2D eigenvalue weighted by Gasteiger charge is -2.36. The Hall–Kier alpha value is -1.17. The fourth-order valence-electron chi connectivity index (χ4n) is 4.33. The fourth-order valence-corrected chi connectivity index (χ4v) is 5.77. The molecule has 0 spiro atoms. The van der Waals surface area contributed by atoms with E-state index in [0.717, 1.165) is 37.4 Å². The van der Waals surface area contributed by atoms with Crippen LogP contribution in [-0.4, -0.2) is 50.3 Å². The van der Waals surface area contributed by atoms with Crippen molar-refractivity contribution in [2.45, 2.75) is 17.7 Å². The van der Waals surface area contributed by atoms with Gasteiger partial charge in [0.15, 0.2) is 0 Å². The van der Waals surface area contributed by atoms with E-state index in [4.69, 9.17) is 0 Å². The predicted octanol–water partition coefficient (Wildman–Crippen LogP) is 2.21. The van der Waals surface area contributed by atoms with Crippen LogP contribution in [0, 0.1) is 17.8 Å². The smallest absolute Gasteiger partial charge is 0.243 e. The van der Waals surface area contributed by atoms with Crippen molar-refractivity contribution in [2.24, 2.45) is 17.8 Å². The third kappa shape index (κ3) is 2.97. The molecule has 1 heterocycles. The zero-order valence-electron chi connectivity index (χ0n) is 13.3. The summed E-state index contributed by atoms with van der Waals surface area (Å²) < 4.78 is 26.9. The van der Waals surface area contributed by atoms with E-state index in [1.165, 1.54) is 12.8 Å². The molecule has 0 unspecified atom stereocenters. The van der Waals surface area contributed by atoms with E-state index in [1.54, 1.807) is 28.6 Å². The van der Waals surface area contributed by atoms with Gasteiger partial charge in [0, 0.05) is 32.7 Å². The predicted molar refractivity (Wildman–Crippen MR) is 90.5 cm³/mol. The summed E-state index contributed by atoms with van der Waals surface area (Å²) in [6, 6.07) is 8.78. The van der Waals surface area contributed by atoms with E-state index in [2.05, 4.69) is 17.1 Å². The van der Waals surface area contributed by atoms with Crippen molar-refractivity contribution in [3.8, 4) is 0 Å². The lowest BCUT2D eigenvalue weighted by Crippen LogP contribution is -2.49. The molecule has 1 aliphatic heterocycles. The minimum Gasteiger partial charge on any atom is -0.300 e. The molecule has 0 amide bonds. The molecule has 0 radical (unpaired) electrons. The molecule has 4 rings (SSSR count). The molecule has 124 valence electrons. The Morgan fingerprint density at radius 3 is 2.30 bits per heavy atom. The van der Waals surface area contributed by atoms with Crippen molar-refractivity contribution >= 4 is 10.0 Å². The van der Waals surface area contributed by atoms with Crippen LogP contribution in [0.5, 0.6) is 0 Å². The summed E-state index contributed by atoms with van der Waals surface area (Å²) in [5.41, 5.74) is 0. The van der Waals surface area contributed by atoms with Gasteiger partial charge in [-0.05, 0) is 42.7 Å². The third-order valence-electron chi connectivity index (χ3n) is 5.62. The number of piperazine rings is 1. The number of nitrogens with zero attached hydrogens (tertiary/aromatic N) is 2. The zero-order valence-corrected chi connectivity index (χ0v) is 14.2. The standard InChI is InChI=1S/C18H24N2O2S/c21-23(22,18-4-2-1-3-5-18)20-10-8-19(9-11-20)14-17-13-15-6-7-16(17)12-15/h1-7,15-17H,8-14H2/t15-,16+,17-/m0/s1. The van der Waals surface area contributed by atoms with Crippen LogP contribution in [-0.2, 0) is 10.0 Å². The molecule has 2 aliphatic carbocycles. The Morgan fingerprint density at radius 2 is 1.70 bits per heavy atom. The van der Waals surface area contributed by atoms with Crippen LogP contribution in [0.4, 0.5) is 0 Å². The number of hydrogen-bond donors (Lipinski definition) is 0. The second kappa shape index (κ2) is 6.04. The minimum absolute atomic E-state index is 0.409. The van der Waals surface area contributed by atoms with Crippen LogP contribution in [0.15, 0.2) is 47.4 Å². The molecule has 4 nitrogen and oxygen atoms in total. The molecule has 0 N–H and O–H groups in total. The number of benzene rings is 1. The maximum atomic E-state index is 12.6. The Kier molecular flexibility index (Phi) is 4.03. The average Bonchev–Trinajstić information content (AvgIpc) is 3.19. The first kappa shape index (κ1) is 15.4. The number of sulfonamides is 1. The first-order chi connectivity index (χ1) is 11.1. The molecule has 23 heavy (non-hydrogen) atoms. The molecule has 3 atom stereocenters. The van der Waals surface area contributed by atoms with E-state index in [1.807, 2.05) is 6.07 Å². The Balaban J connectivity index is 1.35. The van der Waals surface area contributed by atoms with Gasteiger partial charge < -0.3 is 4.90 Å². The summed E-state index contributed by atoms with van der Waals surface area (Å²) in [6.07, 6.45) is 7.44. The molecule has 1 aromatic rings. The molecule has 1 saturated heterocycles. The summed E-state index contributed by atoms with van der Waals surface area (Å²) in [6.45, 7) is 4.04. The Morgan fingerprint density at radius 1 is 0.957 bits per heavy atom. The molecule has 2 bridgehead atoms. The van der Waals surface area contributed by atoms with Gasteiger partial charge in [0.25, 0.3) is 0 Å². The second-order valence-corrected chi connectivity index (χ2v) is 9.00. The lowest BCUT2D eigenvalue weighted by atomic mass is 9.93. The van der Waals surface area contributed by atoms with E-state index >= 15 is 0 Å². The molecule has 1 saturated carbocycles. The van der Waals surface area contributed by atoms with Gasteiger partial charge in [-0.15, -0.1) is 0 Å². The summed E-state index contributed by atoms with van der Waals surface area (Å²) in [4.78, 5) is 2.86. The minimum atomic E-state index is -3.33. The van der Waals surface area contributed by atoms with E-state index in [9.17, 15) is 8.42 Å². The first-order valence-corrected chi connectivity index (χ1v) is 10.0. The largest absolute Gasteiger partial charge is 0.300 e. The number of allylic oxidation sites excluding steroid dienone is 2. The summed E-state index contributed by atoms with van der Waals surface area (Å²) >= 11 is 0. The third-order valence-corrected chi connectivity index (χ3v) is 7.53. The molecule has 5 heteroatoms. The normalized spacial score (nSPS) is 31.7. The van der Waals surface area contributed by atoms with Crippen LogP contribution < -0.4 is 0 Å². The van der Waals surface area contributed by atoms with Crippen LogP contribution in [0.3, 0.4) is 0 Å². The van der Waals surface area contributed by atoms with Crippen LogP contribution in [0.2, 0.25) is 0 Å². The monoisotopic (exact) mass is 332 g/mol. The highest BCUT2D eigenvalue weighted by Gasteiger charge is 2.37. The van der Waals surface area contributed by atoms with Gasteiger partial charge in [0.2, 0.25) is 10.0 Å². The Labute approximate surface area is 138 Å². The van der Waals surface area contributed by atoms with Gasteiger partial charge in [-0.2, -0.15) is 4.31 Å². The topological polar surface area (TPSA) is 40.6 Å². The molecule has 3 aliphatic rings. The van der Waals surface area contributed by atoms with E-state index in [0.29, 0.717) is 18.0 Å². The molecule has 0 aromatic heterocycles. The van der Waals surface area contributed by atoms with Gasteiger partial charge in [0.1, 0.15) is 0 Å². The van der Waals surface area contributed by atoms with Crippen molar-refractivity contribution in [1.29, 1.82) is 0 Å². The summed E-state index contributed by atoms with van der Waals surface area (Å²) in [5.74, 6) is 2.36. The average molecular weight is 332 g/mol. The highest BCUT2D eigenvalue weighted by molar-refractivity contribution is 7.89. The first-order valence-electron chi connectivity index (χ1n) is 8.59. The van der Waals surface area contributed by atoms with E-state index in [-0.39, 0.29) is 0 Å². The molecular formula is C18H24N2O2S. The highest BCUT2D eigenvalue weighted by Crippen LogP contribution is 2.43. The van der Waals surface area contributed by atoms with Crippen molar-refractivity contribution in [1.82, 2.24) is 9.21 Å². The maximum Gasteiger partial charge on any atom is 0.243 e. The summed E-state index contributed by atoms with van der Waals surface area (Å²) in [5, 5.41) is 0. The maximum absolute atomic E-state index is 12.6. The lowest BCUT2D eigenvalue weighted by molar-refractivity contribution is 0.156. The van der Waals surface area contributed by atoms with Gasteiger partial charge in [-0.25, -0.2) is 8.42 Å². The summed E-state index contributed by atoms with van der Waals surface area (Å²) in [7, 11) is -3.33. The zero-order chi connectivity index (χ0) is 15.9. The van der Waals surface area contributed by atoms with Crippen LogP contribution in [0.25, 0.3) is 0 Å².